The summed E-state index contributed by atoms with van der Waals surface area (Å²) in [6.45, 7) is 1.84. The van der Waals surface area contributed by atoms with Gasteiger partial charge in [0.2, 0.25) is 11.0 Å². The van der Waals surface area contributed by atoms with Crippen molar-refractivity contribution >= 4 is 39.9 Å². The first kappa shape index (κ1) is 27.3. The second kappa shape index (κ2) is 11.7. The van der Waals surface area contributed by atoms with Gasteiger partial charge >= 0.3 is 6.18 Å². The molecule has 0 saturated heterocycles. The van der Waals surface area contributed by atoms with Gasteiger partial charge in [0.25, 0.3) is 5.91 Å². The Labute approximate surface area is 226 Å². The van der Waals surface area contributed by atoms with Crippen LogP contribution in [0, 0.1) is 0 Å². The molecule has 0 aliphatic carbocycles. The standard InChI is InChI=1S/C27H22ClF3N4O2S/c1-17(18-5-3-2-4-6-18)35(25(37)20-7-11-21(12-8-20)27(29,30)31)16-15-23(36)32-26-34-33-24(38-26)19-9-13-22(28)14-10-19/h2-14,17H,15-16H2,1H3,(H,32,34,36)/t17-/m1/s1. The number of hydrogen-bond acceptors (Lipinski definition) is 5. The quantitative estimate of drug-likeness (QED) is 0.250. The maximum Gasteiger partial charge on any atom is 0.416 e. The van der Waals surface area contributed by atoms with Crippen LogP contribution < -0.4 is 5.32 Å². The lowest BCUT2D eigenvalue weighted by Crippen LogP contribution is -2.36. The molecule has 4 aromatic rings. The Morgan fingerprint density at radius 3 is 2.26 bits per heavy atom. The predicted octanol–water partition coefficient (Wildman–Crippen LogP) is 7.11. The first-order valence-corrected chi connectivity index (χ1v) is 12.7. The van der Waals surface area contributed by atoms with Gasteiger partial charge in [-0.3, -0.25) is 9.59 Å². The summed E-state index contributed by atoms with van der Waals surface area (Å²) in [4.78, 5) is 27.6. The highest BCUT2D eigenvalue weighted by molar-refractivity contribution is 7.18. The number of carbonyl (C=O) groups excluding carboxylic acids is 2. The fraction of sp³-hybridized carbons (Fsp3) is 0.185. The van der Waals surface area contributed by atoms with E-state index in [-0.39, 0.29) is 24.4 Å². The number of anilines is 1. The number of benzene rings is 3. The predicted molar refractivity (Wildman–Crippen MR) is 141 cm³/mol. The molecule has 1 N–H and O–H groups in total. The third-order valence-corrected chi connectivity index (χ3v) is 6.95. The Kier molecular flexibility index (Phi) is 8.43. The minimum Gasteiger partial charge on any atom is -0.331 e. The monoisotopic (exact) mass is 558 g/mol. The third kappa shape index (κ3) is 6.76. The summed E-state index contributed by atoms with van der Waals surface area (Å²) in [5.74, 6) is -0.863. The molecule has 2 amide bonds. The number of halogens is 4. The largest absolute Gasteiger partial charge is 0.416 e. The maximum atomic E-state index is 13.4. The van der Waals surface area contributed by atoms with Gasteiger partial charge < -0.3 is 10.2 Å². The van der Waals surface area contributed by atoms with Crippen molar-refractivity contribution in [2.75, 3.05) is 11.9 Å². The molecule has 1 atom stereocenters. The van der Waals surface area contributed by atoms with Crippen molar-refractivity contribution in [1.29, 1.82) is 0 Å². The van der Waals surface area contributed by atoms with Crippen molar-refractivity contribution in [2.24, 2.45) is 0 Å². The van der Waals surface area contributed by atoms with Gasteiger partial charge in [0, 0.05) is 29.1 Å². The first-order chi connectivity index (χ1) is 18.1. The molecule has 11 heteroatoms. The van der Waals surface area contributed by atoms with E-state index in [1.54, 1.807) is 31.2 Å². The number of aromatic nitrogens is 2. The highest BCUT2D eigenvalue weighted by Crippen LogP contribution is 2.30. The molecule has 0 unspecified atom stereocenters. The number of nitrogens with zero attached hydrogens (tertiary/aromatic N) is 3. The minimum absolute atomic E-state index is 0.0323. The SMILES string of the molecule is C[C@H](c1ccccc1)N(CCC(=O)Nc1nnc(-c2ccc(Cl)cc2)s1)C(=O)c1ccc(C(F)(F)F)cc1. The van der Waals surface area contributed by atoms with E-state index in [1.807, 2.05) is 30.3 Å². The molecule has 4 rings (SSSR count). The van der Waals surface area contributed by atoms with Crippen LogP contribution in [0.15, 0.2) is 78.9 Å². The summed E-state index contributed by atoms with van der Waals surface area (Å²) in [6.07, 6.45) is -4.56. The lowest BCUT2D eigenvalue weighted by Gasteiger charge is -2.30. The van der Waals surface area contributed by atoms with Gasteiger partial charge in [0.1, 0.15) is 5.01 Å². The van der Waals surface area contributed by atoms with Crippen LogP contribution in [-0.2, 0) is 11.0 Å². The third-order valence-electron chi connectivity index (χ3n) is 5.81. The number of amides is 2. The van der Waals surface area contributed by atoms with Crippen LogP contribution in [0.5, 0.6) is 0 Å². The summed E-state index contributed by atoms with van der Waals surface area (Å²) in [5, 5.41) is 12.3. The van der Waals surface area contributed by atoms with Crippen LogP contribution >= 0.6 is 22.9 Å². The van der Waals surface area contributed by atoms with Crippen molar-refractivity contribution < 1.29 is 22.8 Å². The Hall–Kier alpha value is -3.76. The van der Waals surface area contributed by atoms with Gasteiger partial charge in [-0.05, 0) is 48.9 Å². The molecular weight excluding hydrogens is 537 g/mol. The van der Waals surface area contributed by atoms with Crippen LogP contribution in [0.2, 0.25) is 5.02 Å². The molecule has 0 spiro atoms. The van der Waals surface area contributed by atoms with E-state index in [0.717, 1.165) is 35.4 Å². The fourth-order valence-electron chi connectivity index (χ4n) is 3.74. The van der Waals surface area contributed by atoms with Gasteiger partial charge in [-0.2, -0.15) is 13.2 Å². The van der Waals surface area contributed by atoms with Crippen molar-refractivity contribution in [2.45, 2.75) is 25.6 Å². The van der Waals surface area contributed by atoms with Gasteiger partial charge in [0.05, 0.1) is 11.6 Å². The van der Waals surface area contributed by atoms with E-state index in [1.165, 1.54) is 16.2 Å². The van der Waals surface area contributed by atoms with E-state index in [0.29, 0.717) is 15.2 Å². The van der Waals surface area contributed by atoms with Gasteiger partial charge in [-0.1, -0.05) is 65.4 Å². The molecule has 0 aliphatic rings. The van der Waals surface area contributed by atoms with Gasteiger partial charge in [0.15, 0.2) is 0 Å². The van der Waals surface area contributed by atoms with E-state index in [4.69, 9.17) is 11.6 Å². The Balaban J connectivity index is 1.47. The summed E-state index contributed by atoms with van der Waals surface area (Å²) < 4.78 is 38.9. The number of hydrogen-bond donors (Lipinski definition) is 1. The molecule has 0 saturated carbocycles. The lowest BCUT2D eigenvalue weighted by molar-refractivity contribution is -0.137. The normalized spacial score (nSPS) is 12.1. The second-order valence-electron chi connectivity index (χ2n) is 8.38. The fourth-order valence-corrected chi connectivity index (χ4v) is 4.63. The summed E-state index contributed by atoms with van der Waals surface area (Å²) >= 11 is 7.11. The molecule has 6 nitrogen and oxygen atoms in total. The Morgan fingerprint density at radius 1 is 0.974 bits per heavy atom. The topological polar surface area (TPSA) is 75.2 Å². The summed E-state index contributed by atoms with van der Waals surface area (Å²) in [6, 6.07) is 19.8. The summed E-state index contributed by atoms with van der Waals surface area (Å²) in [5.41, 5.74) is 0.881. The molecule has 196 valence electrons. The van der Waals surface area contributed by atoms with Crippen LogP contribution in [-0.4, -0.2) is 33.5 Å². The van der Waals surface area contributed by atoms with Crippen molar-refractivity contribution in [3.05, 3.63) is 101 Å². The molecule has 3 aromatic carbocycles. The van der Waals surface area contributed by atoms with Crippen LogP contribution in [0.4, 0.5) is 18.3 Å². The van der Waals surface area contributed by atoms with Crippen LogP contribution in [0.1, 0.15) is 40.9 Å². The van der Waals surface area contributed by atoms with Crippen LogP contribution in [0.25, 0.3) is 10.6 Å². The second-order valence-corrected chi connectivity index (χ2v) is 9.79. The minimum atomic E-state index is -4.51. The number of nitrogens with one attached hydrogen (secondary N) is 1. The van der Waals surface area contributed by atoms with Crippen molar-refractivity contribution in [3.63, 3.8) is 0 Å². The van der Waals surface area contributed by atoms with Crippen LogP contribution in [0.3, 0.4) is 0 Å². The molecular formula is C27H22ClF3N4O2S. The zero-order chi connectivity index (χ0) is 27.3. The van der Waals surface area contributed by atoms with E-state index in [9.17, 15) is 22.8 Å². The smallest absolute Gasteiger partial charge is 0.331 e. The summed E-state index contributed by atoms with van der Waals surface area (Å²) in [7, 11) is 0. The zero-order valence-electron chi connectivity index (χ0n) is 20.1. The Morgan fingerprint density at radius 2 is 1.63 bits per heavy atom. The van der Waals surface area contributed by atoms with E-state index < -0.39 is 23.7 Å². The first-order valence-electron chi connectivity index (χ1n) is 11.5. The zero-order valence-corrected chi connectivity index (χ0v) is 21.6. The molecule has 0 bridgehead atoms. The average molecular weight is 559 g/mol. The lowest BCUT2D eigenvalue weighted by atomic mass is 10.0. The van der Waals surface area contributed by atoms with Crippen molar-refractivity contribution in [1.82, 2.24) is 15.1 Å². The number of rotatable bonds is 8. The van der Waals surface area contributed by atoms with E-state index >= 15 is 0 Å². The van der Waals surface area contributed by atoms with Crippen molar-refractivity contribution in [3.8, 4) is 10.6 Å². The molecule has 0 aliphatic heterocycles. The maximum absolute atomic E-state index is 13.4. The van der Waals surface area contributed by atoms with E-state index in [2.05, 4.69) is 15.5 Å². The molecule has 1 aromatic heterocycles. The average Bonchev–Trinajstić information content (AvgIpc) is 3.37. The van der Waals surface area contributed by atoms with Gasteiger partial charge in [-0.25, -0.2) is 0 Å². The Bertz CT molecular complexity index is 1390. The highest BCUT2D eigenvalue weighted by Gasteiger charge is 2.31. The highest BCUT2D eigenvalue weighted by atomic mass is 35.5. The van der Waals surface area contributed by atoms with Gasteiger partial charge in [-0.15, -0.1) is 10.2 Å². The molecule has 0 fully saturated rings. The molecule has 38 heavy (non-hydrogen) atoms. The molecule has 1 heterocycles. The number of alkyl halides is 3. The molecule has 0 radical (unpaired) electrons. The number of carbonyl (C=O) groups is 2.